The molecule has 2 aromatic rings. The molecule has 0 fully saturated rings. The predicted molar refractivity (Wildman–Crippen MR) is 78.9 cm³/mol. The predicted octanol–water partition coefficient (Wildman–Crippen LogP) is 1.63. The fourth-order valence-electron chi connectivity index (χ4n) is 1.52. The van der Waals surface area contributed by atoms with Crippen molar-refractivity contribution in [1.29, 1.82) is 0 Å². The molecule has 0 radical (unpaired) electrons. The van der Waals surface area contributed by atoms with Gasteiger partial charge in [0, 0.05) is 17.3 Å². The summed E-state index contributed by atoms with van der Waals surface area (Å²) >= 11 is 3.42. The van der Waals surface area contributed by atoms with Crippen LogP contribution < -0.4 is 5.32 Å². The first kappa shape index (κ1) is 15.1. The van der Waals surface area contributed by atoms with Gasteiger partial charge in [-0.3, -0.25) is 0 Å². The normalized spacial score (nSPS) is 11.7. The highest BCUT2D eigenvalue weighted by molar-refractivity contribution is 9.10. The van der Waals surface area contributed by atoms with E-state index in [9.17, 15) is 8.42 Å². The molecular weight excluding hydrogens is 346 g/mol. The Labute approximate surface area is 125 Å². The maximum absolute atomic E-state index is 11.0. The van der Waals surface area contributed by atoms with Gasteiger partial charge in [-0.1, -0.05) is 12.1 Å². The largest absolute Gasteiger partial charge is 0.419 e. The number of benzene rings is 1. The van der Waals surface area contributed by atoms with Crippen LogP contribution in [0, 0.1) is 0 Å². The molecule has 1 N–H and O–H groups in total. The van der Waals surface area contributed by atoms with Gasteiger partial charge in [0.1, 0.15) is 9.84 Å². The maximum Gasteiger partial charge on any atom is 0.248 e. The SMILES string of the molecule is CS(=O)(=O)CCNCc1nnc(-c2ccccc2Br)o1. The van der Waals surface area contributed by atoms with E-state index in [-0.39, 0.29) is 5.75 Å². The van der Waals surface area contributed by atoms with Gasteiger partial charge in [-0.05, 0) is 28.1 Å². The fourth-order valence-corrected chi connectivity index (χ4v) is 2.49. The molecule has 0 saturated heterocycles. The van der Waals surface area contributed by atoms with E-state index in [4.69, 9.17) is 4.42 Å². The quantitative estimate of drug-likeness (QED) is 0.789. The minimum Gasteiger partial charge on any atom is -0.419 e. The molecule has 1 heterocycles. The number of aromatic nitrogens is 2. The third-order valence-corrected chi connectivity index (χ3v) is 4.13. The lowest BCUT2D eigenvalue weighted by Gasteiger charge is -2.00. The molecule has 0 aliphatic rings. The number of nitrogens with one attached hydrogen (secondary N) is 1. The van der Waals surface area contributed by atoms with Gasteiger partial charge in [-0.2, -0.15) is 0 Å². The summed E-state index contributed by atoms with van der Waals surface area (Å²) in [5, 5.41) is 10.8. The van der Waals surface area contributed by atoms with Gasteiger partial charge in [0.2, 0.25) is 11.8 Å². The summed E-state index contributed by atoms with van der Waals surface area (Å²) in [5.41, 5.74) is 0.822. The smallest absolute Gasteiger partial charge is 0.248 e. The number of rotatable bonds is 6. The van der Waals surface area contributed by atoms with Crippen LogP contribution in [0.5, 0.6) is 0 Å². The van der Waals surface area contributed by atoms with Crippen molar-refractivity contribution in [2.24, 2.45) is 0 Å². The van der Waals surface area contributed by atoms with Crippen molar-refractivity contribution in [3.05, 3.63) is 34.6 Å². The zero-order chi connectivity index (χ0) is 14.6. The summed E-state index contributed by atoms with van der Waals surface area (Å²) < 4.78 is 28.3. The molecule has 1 aromatic heterocycles. The minimum atomic E-state index is -2.96. The number of hydrogen-bond donors (Lipinski definition) is 1. The standard InChI is InChI=1S/C12H14BrN3O3S/c1-20(17,18)7-6-14-8-11-15-16-12(19-11)9-4-2-3-5-10(9)13/h2-5,14H,6-8H2,1H3. The van der Waals surface area contributed by atoms with Crippen LogP contribution >= 0.6 is 15.9 Å². The molecular formula is C12H14BrN3O3S. The first-order valence-electron chi connectivity index (χ1n) is 5.91. The molecule has 2 rings (SSSR count). The summed E-state index contributed by atoms with van der Waals surface area (Å²) in [5.74, 6) is 0.930. The van der Waals surface area contributed by atoms with Crippen LogP contribution in [-0.2, 0) is 16.4 Å². The molecule has 1 aromatic carbocycles. The Kier molecular flexibility index (Phi) is 4.90. The maximum atomic E-state index is 11.0. The van der Waals surface area contributed by atoms with Crippen LogP contribution in [0.25, 0.3) is 11.5 Å². The molecule has 0 amide bonds. The number of halogens is 1. The highest BCUT2D eigenvalue weighted by Crippen LogP contribution is 2.26. The molecule has 0 aliphatic heterocycles. The van der Waals surface area contributed by atoms with E-state index in [1.807, 2.05) is 24.3 Å². The van der Waals surface area contributed by atoms with Crippen LogP contribution in [0.3, 0.4) is 0 Å². The molecule has 0 bridgehead atoms. The van der Waals surface area contributed by atoms with Crippen molar-refractivity contribution in [2.45, 2.75) is 6.54 Å². The van der Waals surface area contributed by atoms with Crippen LogP contribution in [0.2, 0.25) is 0 Å². The van der Waals surface area contributed by atoms with Gasteiger partial charge in [0.05, 0.1) is 17.9 Å². The summed E-state index contributed by atoms with van der Waals surface area (Å²) in [4.78, 5) is 0. The van der Waals surface area contributed by atoms with Crippen LogP contribution in [0.1, 0.15) is 5.89 Å². The highest BCUT2D eigenvalue weighted by Gasteiger charge is 2.11. The van der Waals surface area contributed by atoms with Crippen LogP contribution in [-0.4, -0.2) is 37.2 Å². The Bertz CT molecular complexity index is 685. The highest BCUT2D eigenvalue weighted by atomic mass is 79.9. The summed E-state index contributed by atoms with van der Waals surface area (Å²) in [6.45, 7) is 0.693. The molecule has 0 unspecified atom stereocenters. The topological polar surface area (TPSA) is 85.1 Å². The van der Waals surface area contributed by atoms with Crippen molar-refractivity contribution in [3.63, 3.8) is 0 Å². The van der Waals surface area contributed by atoms with E-state index in [2.05, 4.69) is 31.4 Å². The van der Waals surface area contributed by atoms with E-state index in [0.29, 0.717) is 24.9 Å². The van der Waals surface area contributed by atoms with E-state index < -0.39 is 9.84 Å². The fraction of sp³-hybridized carbons (Fsp3) is 0.333. The Morgan fingerprint density at radius 1 is 1.30 bits per heavy atom. The Balaban J connectivity index is 1.95. The first-order valence-corrected chi connectivity index (χ1v) is 8.77. The Morgan fingerprint density at radius 2 is 2.05 bits per heavy atom. The molecule has 108 valence electrons. The summed E-state index contributed by atoms with van der Waals surface area (Å²) in [6.07, 6.45) is 1.20. The molecule has 8 heteroatoms. The van der Waals surface area contributed by atoms with Crippen molar-refractivity contribution in [1.82, 2.24) is 15.5 Å². The molecule has 0 spiro atoms. The average Bonchev–Trinajstić information content (AvgIpc) is 2.83. The van der Waals surface area contributed by atoms with Gasteiger partial charge in [-0.15, -0.1) is 10.2 Å². The second-order valence-electron chi connectivity index (χ2n) is 4.29. The van der Waals surface area contributed by atoms with E-state index >= 15 is 0 Å². The average molecular weight is 360 g/mol. The molecule has 0 saturated carbocycles. The first-order chi connectivity index (χ1) is 9.46. The van der Waals surface area contributed by atoms with Crippen molar-refractivity contribution in [2.75, 3.05) is 18.6 Å². The molecule has 0 atom stereocenters. The number of hydrogen-bond acceptors (Lipinski definition) is 6. The third-order valence-electron chi connectivity index (χ3n) is 2.50. The molecule has 6 nitrogen and oxygen atoms in total. The van der Waals surface area contributed by atoms with Crippen molar-refractivity contribution in [3.8, 4) is 11.5 Å². The van der Waals surface area contributed by atoms with Gasteiger partial charge in [0.15, 0.2) is 0 Å². The monoisotopic (exact) mass is 359 g/mol. The lowest BCUT2D eigenvalue weighted by atomic mass is 10.2. The van der Waals surface area contributed by atoms with E-state index in [1.165, 1.54) is 6.26 Å². The summed E-state index contributed by atoms with van der Waals surface area (Å²) in [7, 11) is -2.96. The van der Waals surface area contributed by atoms with Gasteiger partial charge < -0.3 is 9.73 Å². The number of sulfone groups is 1. The summed E-state index contributed by atoms with van der Waals surface area (Å²) in [6, 6.07) is 7.55. The lowest BCUT2D eigenvalue weighted by molar-refractivity contribution is 0.481. The van der Waals surface area contributed by atoms with Gasteiger partial charge >= 0.3 is 0 Å². The Hall–Kier alpha value is -1.25. The van der Waals surface area contributed by atoms with E-state index in [0.717, 1.165) is 10.0 Å². The minimum absolute atomic E-state index is 0.0816. The third kappa shape index (κ3) is 4.39. The Morgan fingerprint density at radius 3 is 2.75 bits per heavy atom. The van der Waals surface area contributed by atoms with E-state index in [1.54, 1.807) is 0 Å². The molecule has 20 heavy (non-hydrogen) atoms. The van der Waals surface area contributed by atoms with Gasteiger partial charge in [-0.25, -0.2) is 8.42 Å². The van der Waals surface area contributed by atoms with Crippen LogP contribution in [0.4, 0.5) is 0 Å². The molecule has 0 aliphatic carbocycles. The second kappa shape index (κ2) is 6.47. The van der Waals surface area contributed by atoms with Crippen LogP contribution in [0.15, 0.2) is 33.2 Å². The van der Waals surface area contributed by atoms with Gasteiger partial charge in [0.25, 0.3) is 0 Å². The van der Waals surface area contributed by atoms with Crippen molar-refractivity contribution < 1.29 is 12.8 Å². The zero-order valence-corrected chi connectivity index (χ0v) is 13.2. The second-order valence-corrected chi connectivity index (χ2v) is 7.40. The number of nitrogens with zero attached hydrogens (tertiary/aromatic N) is 2. The zero-order valence-electron chi connectivity index (χ0n) is 10.8. The lowest BCUT2D eigenvalue weighted by Crippen LogP contribution is -2.22. The van der Waals surface area contributed by atoms with Crippen molar-refractivity contribution >= 4 is 25.8 Å².